The Bertz CT molecular complexity index is 1380. The van der Waals surface area contributed by atoms with E-state index in [1.165, 1.54) is 0 Å². The molecule has 0 radical (unpaired) electrons. The molecular weight excluding hydrogens is 448 g/mol. The van der Waals surface area contributed by atoms with Crippen molar-refractivity contribution in [2.24, 2.45) is 5.92 Å². The summed E-state index contributed by atoms with van der Waals surface area (Å²) < 4.78 is 0. The molecule has 7 heteroatoms. The van der Waals surface area contributed by atoms with Crippen molar-refractivity contribution in [1.29, 1.82) is 0 Å². The molecule has 1 saturated carbocycles. The Balaban J connectivity index is 1.37. The number of rotatable bonds is 5. The van der Waals surface area contributed by atoms with Crippen molar-refractivity contribution < 1.29 is 9.59 Å². The molecule has 6 nitrogen and oxygen atoms in total. The summed E-state index contributed by atoms with van der Waals surface area (Å²) in [4.78, 5) is 27.6. The Morgan fingerprint density at radius 3 is 2.53 bits per heavy atom. The lowest BCUT2D eigenvalue weighted by Crippen LogP contribution is -2.40. The largest absolute Gasteiger partial charge is 0.350 e. The number of fused-ring (bicyclic) bond motifs is 1. The van der Waals surface area contributed by atoms with Gasteiger partial charge in [-0.1, -0.05) is 54.1 Å². The van der Waals surface area contributed by atoms with Gasteiger partial charge in [0.1, 0.15) is 0 Å². The van der Waals surface area contributed by atoms with Crippen LogP contribution in [0.15, 0.2) is 72.8 Å². The van der Waals surface area contributed by atoms with Gasteiger partial charge in [0.25, 0.3) is 0 Å². The Kier molecular flexibility index (Phi) is 5.11. The predicted molar refractivity (Wildman–Crippen MR) is 132 cm³/mol. The number of hydrogen-bond donors (Lipinski definition) is 2. The highest BCUT2D eigenvalue weighted by molar-refractivity contribution is 6.30. The first kappa shape index (κ1) is 20.9. The number of anilines is 1. The van der Waals surface area contributed by atoms with Gasteiger partial charge in [0.15, 0.2) is 0 Å². The lowest BCUT2D eigenvalue weighted by Gasteiger charge is -2.29. The molecule has 3 aromatic carbocycles. The monoisotopic (exact) mass is 470 g/mol. The second-order valence-electron chi connectivity index (χ2n) is 9.02. The number of halogens is 1. The van der Waals surface area contributed by atoms with E-state index in [-0.39, 0.29) is 36.2 Å². The first-order valence-electron chi connectivity index (χ1n) is 11.5. The zero-order valence-corrected chi connectivity index (χ0v) is 19.1. The van der Waals surface area contributed by atoms with Crippen LogP contribution in [-0.4, -0.2) is 28.1 Å². The number of carbonyl (C=O) groups excluding carboxylic acids is 2. The van der Waals surface area contributed by atoms with E-state index < -0.39 is 0 Å². The summed E-state index contributed by atoms with van der Waals surface area (Å²) >= 11 is 6.03. The van der Waals surface area contributed by atoms with Crippen LogP contribution in [0.25, 0.3) is 22.2 Å². The van der Waals surface area contributed by atoms with Crippen LogP contribution in [0, 0.1) is 5.92 Å². The van der Waals surface area contributed by atoms with Gasteiger partial charge >= 0.3 is 0 Å². The van der Waals surface area contributed by atoms with Crippen LogP contribution >= 0.6 is 11.6 Å². The summed E-state index contributed by atoms with van der Waals surface area (Å²) in [6.07, 6.45) is 2.13. The van der Waals surface area contributed by atoms with E-state index in [0.717, 1.165) is 46.3 Å². The van der Waals surface area contributed by atoms with Crippen molar-refractivity contribution in [2.75, 3.05) is 4.90 Å². The first-order chi connectivity index (χ1) is 16.6. The van der Waals surface area contributed by atoms with E-state index in [1.54, 1.807) is 0 Å². The highest BCUT2D eigenvalue weighted by Gasteiger charge is 2.44. The molecule has 170 valence electrons. The third kappa shape index (κ3) is 3.74. The molecule has 2 N–H and O–H groups in total. The summed E-state index contributed by atoms with van der Waals surface area (Å²) in [5, 5.41) is 12.4. The second-order valence-corrected chi connectivity index (χ2v) is 9.46. The number of H-pyrrole nitrogens is 1. The number of nitrogens with one attached hydrogen (secondary N) is 2. The Hall–Kier alpha value is -3.64. The van der Waals surface area contributed by atoms with Gasteiger partial charge in [0, 0.05) is 34.0 Å². The van der Waals surface area contributed by atoms with Crippen LogP contribution in [0.5, 0.6) is 0 Å². The van der Waals surface area contributed by atoms with Crippen molar-refractivity contribution in [1.82, 2.24) is 15.5 Å². The molecule has 1 aliphatic heterocycles. The van der Waals surface area contributed by atoms with Gasteiger partial charge in [0.05, 0.1) is 23.3 Å². The van der Waals surface area contributed by atoms with E-state index >= 15 is 0 Å². The third-order valence-corrected chi connectivity index (χ3v) is 6.93. The van der Waals surface area contributed by atoms with Crippen molar-refractivity contribution in [3.05, 3.63) is 83.4 Å². The van der Waals surface area contributed by atoms with Gasteiger partial charge in [-0.05, 0) is 48.7 Å². The van der Waals surface area contributed by atoms with E-state index in [9.17, 15) is 9.59 Å². The van der Waals surface area contributed by atoms with Gasteiger partial charge in [-0.15, -0.1) is 0 Å². The number of nitrogens with zero attached hydrogens (tertiary/aromatic N) is 2. The Morgan fingerprint density at radius 1 is 1.03 bits per heavy atom. The zero-order chi connectivity index (χ0) is 23.2. The standard InChI is InChI=1S/C27H23ClN4O2/c28-19-10-8-16(9-11-19)25-21-13-12-20(14-22(21)30-31-25)32-24(33)15-23(29-27(34)18-6-7-18)26(32)17-4-2-1-3-5-17/h1-5,8-14,18,23,26H,6-7,15H2,(H,29,34)(H,30,31)/t23-,26+/m0/s1. The minimum atomic E-state index is -0.273. The normalized spacial score (nSPS) is 20.1. The summed E-state index contributed by atoms with van der Waals surface area (Å²) in [6, 6.07) is 22.8. The minimum absolute atomic E-state index is 0.00765. The molecule has 2 atom stereocenters. The summed E-state index contributed by atoms with van der Waals surface area (Å²) in [5.74, 6) is 0.136. The van der Waals surface area contributed by atoms with Gasteiger partial charge in [-0.3, -0.25) is 14.7 Å². The minimum Gasteiger partial charge on any atom is -0.350 e. The molecule has 1 saturated heterocycles. The summed E-state index contributed by atoms with van der Waals surface area (Å²) in [7, 11) is 0. The second kappa shape index (κ2) is 8.29. The summed E-state index contributed by atoms with van der Waals surface area (Å²) in [6.45, 7) is 0. The predicted octanol–water partition coefficient (Wildman–Crippen LogP) is 5.26. The molecule has 2 heterocycles. The number of amides is 2. The lowest BCUT2D eigenvalue weighted by molar-refractivity contribution is -0.123. The van der Waals surface area contributed by atoms with E-state index in [4.69, 9.17) is 11.6 Å². The third-order valence-electron chi connectivity index (χ3n) is 6.68. The lowest BCUT2D eigenvalue weighted by atomic mass is 9.99. The van der Waals surface area contributed by atoms with Gasteiger partial charge in [0.2, 0.25) is 11.8 Å². The fraction of sp³-hybridized carbons (Fsp3) is 0.222. The highest BCUT2D eigenvalue weighted by Crippen LogP contribution is 2.40. The highest BCUT2D eigenvalue weighted by atomic mass is 35.5. The maximum atomic E-state index is 13.3. The average Bonchev–Trinajstić information content (AvgIpc) is 3.55. The molecule has 6 rings (SSSR count). The Morgan fingerprint density at radius 2 is 1.79 bits per heavy atom. The number of aromatic amines is 1. The summed E-state index contributed by atoms with van der Waals surface area (Å²) in [5.41, 5.74) is 4.42. The fourth-order valence-electron chi connectivity index (χ4n) is 4.83. The van der Waals surface area contributed by atoms with Gasteiger partial charge < -0.3 is 10.2 Å². The molecule has 0 unspecified atom stereocenters. The number of benzene rings is 3. The van der Waals surface area contributed by atoms with Crippen LogP contribution in [0.4, 0.5) is 5.69 Å². The SMILES string of the molecule is O=C(N[C@H]1CC(=O)N(c2ccc3c(-c4ccc(Cl)cc4)n[nH]c3c2)[C@@H]1c1ccccc1)C1CC1. The van der Waals surface area contributed by atoms with Gasteiger partial charge in [-0.25, -0.2) is 0 Å². The fourth-order valence-corrected chi connectivity index (χ4v) is 4.96. The topological polar surface area (TPSA) is 78.1 Å². The number of hydrogen-bond acceptors (Lipinski definition) is 3. The molecule has 2 aliphatic rings. The molecule has 1 aliphatic carbocycles. The van der Waals surface area contributed by atoms with Crippen LogP contribution in [0.1, 0.15) is 30.9 Å². The quantitative estimate of drug-likeness (QED) is 0.418. The number of carbonyl (C=O) groups is 2. The molecule has 0 bridgehead atoms. The van der Waals surface area contributed by atoms with Crippen LogP contribution < -0.4 is 10.2 Å². The van der Waals surface area contributed by atoms with Crippen molar-refractivity contribution in [3.8, 4) is 11.3 Å². The van der Waals surface area contributed by atoms with Crippen molar-refractivity contribution in [2.45, 2.75) is 31.3 Å². The number of aromatic nitrogens is 2. The maximum Gasteiger partial charge on any atom is 0.229 e. The van der Waals surface area contributed by atoms with Crippen molar-refractivity contribution in [3.63, 3.8) is 0 Å². The smallest absolute Gasteiger partial charge is 0.229 e. The molecule has 2 fully saturated rings. The molecule has 4 aromatic rings. The molecule has 0 spiro atoms. The molecular formula is C27H23ClN4O2. The van der Waals surface area contributed by atoms with E-state index in [2.05, 4.69) is 15.5 Å². The molecule has 2 amide bonds. The zero-order valence-electron chi connectivity index (χ0n) is 18.4. The maximum absolute atomic E-state index is 13.3. The van der Waals surface area contributed by atoms with E-state index in [0.29, 0.717) is 5.02 Å². The van der Waals surface area contributed by atoms with Crippen LogP contribution in [0.2, 0.25) is 5.02 Å². The molecule has 1 aromatic heterocycles. The average molecular weight is 471 g/mol. The first-order valence-corrected chi connectivity index (χ1v) is 11.9. The molecule has 34 heavy (non-hydrogen) atoms. The van der Waals surface area contributed by atoms with E-state index in [1.807, 2.05) is 77.7 Å². The van der Waals surface area contributed by atoms with Crippen LogP contribution in [0.3, 0.4) is 0 Å². The Labute approximate surface area is 201 Å². The van der Waals surface area contributed by atoms with Crippen LogP contribution in [-0.2, 0) is 9.59 Å². The van der Waals surface area contributed by atoms with Crippen molar-refractivity contribution >= 4 is 40.0 Å². The van der Waals surface area contributed by atoms with Gasteiger partial charge in [-0.2, -0.15) is 5.10 Å².